The van der Waals surface area contributed by atoms with Gasteiger partial charge in [0.05, 0.1) is 23.8 Å². The first-order valence-corrected chi connectivity index (χ1v) is 11.1. The Morgan fingerprint density at radius 2 is 2.00 bits per heavy atom. The number of anilines is 1. The van der Waals surface area contributed by atoms with Crippen LogP contribution in [0.2, 0.25) is 5.02 Å². The van der Waals surface area contributed by atoms with Crippen molar-refractivity contribution in [3.63, 3.8) is 0 Å². The van der Waals surface area contributed by atoms with Crippen LogP contribution in [0.15, 0.2) is 59.0 Å². The van der Waals surface area contributed by atoms with Gasteiger partial charge in [-0.2, -0.15) is 0 Å². The number of thiophene rings is 1. The van der Waals surface area contributed by atoms with Crippen molar-refractivity contribution in [2.75, 3.05) is 11.9 Å². The molecule has 0 atom stereocenters. The molecule has 0 unspecified atom stereocenters. The van der Waals surface area contributed by atoms with Crippen molar-refractivity contribution in [3.05, 3.63) is 80.9 Å². The van der Waals surface area contributed by atoms with E-state index in [2.05, 4.69) is 10.3 Å². The monoisotopic (exact) mass is 485 g/mol. The fourth-order valence-electron chi connectivity index (χ4n) is 3.30. The fourth-order valence-corrected chi connectivity index (χ4v) is 4.50. The average Bonchev–Trinajstić information content (AvgIpc) is 3.19. The van der Waals surface area contributed by atoms with Crippen molar-refractivity contribution in [2.45, 2.75) is 13.5 Å². The Morgan fingerprint density at radius 3 is 2.76 bits per heavy atom. The number of rotatable bonds is 6. The molecule has 33 heavy (non-hydrogen) atoms. The molecule has 0 aliphatic rings. The predicted molar refractivity (Wildman–Crippen MR) is 125 cm³/mol. The van der Waals surface area contributed by atoms with Gasteiger partial charge < -0.3 is 10.1 Å². The standard InChI is InChI=1S/C23H17ClFN3O4S/c1-2-32-23(31)20-16(14-5-3-4-6-17(14)24)11-33-21(20)27-19(29)10-28-12-26-18-9-13(25)7-8-15(18)22(28)30/h3-9,11-12H,2,10H2,1H3,(H,27,29). The molecule has 4 aromatic rings. The van der Waals surface area contributed by atoms with Gasteiger partial charge in [0.15, 0.2) is 0 Å². The number of nitrogens with zero attached hydrogens (tertiary/aromatic N) is 2. The fraction of sp³-hybridized carbons (Fsp3) is 0.130. The summed E-state index contributed by atoms with van der Waals surface area (Å²) in [4.78, 5) is 42.1. The van der Waals surface area contributed by atoms with Crippen LogP contribution in [0.4, 0.5) is 9.39 Å². The Kier molecular flexibility index (Phi) is 6.52. The summed E-state index contributed by atoms with van der Waals surface area (Å²) in [6.07, 6.45) is 1.18. The number of hydrogen-bond acceptors (Lipinski definition) is 6. The van der Waals surface area contributed by atoms with Crippen LogP contribution in [-0.2, 0) is 16.1 Å². The van der Waals surface area contributed by atoms with Gasteiger partial charge in [0.2, 0.25) is 5.91 Å². The SMILES string of the molecule is CCOC(=O)c1c(-c2ccccc2Cl)csc1NC(=O)Cn1cnc2cc(F)ccc2c1=O. The Balaban J connectivity index is 1.64. The van der Waals surface area contributed by atoms with Crippen LogP contribution in [0, 0.1) is 5.82 Å². The minimum Gasteiger partial charge on any atom is -0.462 e. The largest absolute Gasteiger partial charge is 0.462 e. The number of benzene rings is 2. The maximum absolute atomic E-state index is 13.4. The highest BCUT2D eigenvalue weighted by molar-refractivity contribution is 7.15. The summed E-state index contributed by atoms with van der Waals surface area (Å²) < 4.78 is 19.7. The molecule has 0 saturated heterocycles. The molecule has 0 aliphatic heterocycles. The van der Waals surface area contributed by atoms with E-state index in [9.17, 15) is 18.8 Å². The smallest absolute Gasteiger partial charge is 0.341 e. The van der Waals surface area contributed by atoms with Crippen molar-refractivity contribution in [2.24, 2.45) is 0 Å². The lowest BCUT2D eigenvalue weighted by Crippen LogP contribution is -2.28. The normalized spacial score (nSPS) is 10.9. The van der Waals surface area contributed by atoms with E-state index in [-0.39, 0.29) is 34.6 Å². The highest BCUT2D eigenvalue weighted by atomic mass is 35.5. The van der Waals surface area contributed by atoms with Crippen LogP contribution in [-0.4, -0.2) is 28.0 Å². The second-order valence-corrected chi connectivity index (χ2v) is 8.23. The number of halogens is 2. The molecule has 4 rings (SSSR count). The third-order valence-electron chi connectivity index (χ3n) is 4.79. The minimum absolute atomic E-state index is 0.156. The summed E-state index contributed by atoms with van der Waals surface area (Å²) in [7, 11) is 0. The highest BCUT2D eigenvalue weighted by Gasteiger charge is 2.24. The van der Waals surface area contributed by atoms with E-state index in [0.717, 1.165) is 28.0 Å². The lowest BCUT2D eigenvalue weighted by Gasteiger charge is -2.10. The molecule has 0 fully saturated rings. The molecule has 10 heteroatoms. The van der Waals surface area contributed by atoms with Gasteiger partial charge in [-0.05, 0) is 25.1 Å². The number of carbonyl (C=O) groups excluding carboxylic acids is 2. The van der Waals surface area contributed by atoms with E-state index in [1.54, 1.807) is 36.6 Å². The first-order chi connectivity index (χ1) is 15.9. The summed E-state index contributed by atoms with van der Waals surface area (Å²) in [6.45, 7) is 1.49. The zero-order valence-electron chi connectivity index (χ0n) is 17.3. The number of carbonyl (C=O) groups is 2. The Bertz CT molecular complexity index is 1430. The maximum Gasteiger partial charge on any atom is 0.341 e. The molecule has 0 aliphatic carbocycles. The van der Waals surface area contributed by atoms with E-state index in [0.29, 0.717) is 16.1 Å². The van der Waals surface area contributed by atoms with E-state index in [1.807, 2.05) is 0 Å². The number of fused-ring (bicyclic) bond motifs is 1. The molecule has 7 nitrogen and oxygen atoms in total. The first-order valence-electron chi connectivity index (χ1n) is 9.87. The lowest BCUT2D eigenvalue weighted by atomic mass is 10.0. The van der Waals surface area contributed by atoms with Gasteiger partial charge >= 0.3 is 5.97 Å². The Morgan fingerprint density at radius 1 is 1.21 bits per heavy atom. The summed E-state index contributed by atoms with van der Waals surface area (Å²) in [5.74, 6) is -1.66. The van der Waals surface area contributed by atoms with Crippen molar-refractivity contribution in [3.8, 4) is 11.1 Å². The number of ether oxygens (including phenoxy) is 1. The molecule has 2 aromatic carbocycles. The second kappa shape index (κ2) is 9.51. The third-order valence-corrected chi connectivity index (χ3v) is 6.01. The van der Waals surface area contributed by atoms with Gasteiger partial charge in [-0.15, -0.1) is 11.3 Å². The topological polar surface area (TPSA) is 90.3 Å². The first kappa shape index (κ1) is 22.6. The van der Waals surface area contributed by atoms with Crippen molar-refractivity contribution in [1.82, 2.24) is 9.55 Å². The second-order valence-electron chi connectivity index (χ2n) is 6.94. The molecule has 2 aromatic heterocycles. The van der Waals surface area contributed by atoms with Crippen LogP contribution in [0.5, 0.6) is 0 Å². The zero-order chi connectivity index (χ0) is 23.5. The molecular formula is C23H17ClFN3O4S. The molecule has 1 amide bonds. The van der Waals surface area contributed by atoms with Crippen LogP contribution >= 0.6 is 22.9 Å². The van der Waals surface area contributed by atoms with Gasteiger partial charge in [0.1, 0.15) is 22.9 Å². The van der Waals surface area contributed by atoms with E-state index in [1.165, 1.54) is 12.4 Å². The quantitative estimate of drug-likeness (QED) is 0.399. The molecular weight excluding hydrogens is 469 g/mol. The molecule has 0 radical (unpaired) electrons. The van der Waals surface area contributed by atoms with Gasteiger partial charge in [0.25, 0.3) is 5.56 Å². The van der Waals surface area contributed by atoms with E-state index in [4.69, 9.17) is 16.3 Å². The van der Waals surface area contributed by atoms with Gasteiger partial charge in [-0.1, -0.05) is 29.8 Å². The molecule has 1 N–H and O–H groups in total. The number of esters is 1. The van der Waals surface area contributed by atoms with Crippen LogP contribution in [0.1, 0.15) is 17.3 Å². The molecule has 0 spiro atoms. The zero-order valence-corrected chi connectivity index (χ0v) is 18.9. The Hall–Kier alpha value is -3.56. The third kappa shape index (κ3) is 4.64. The Labute approximate surface area is 196 Å². The number of hydrogen-bond donors (Lipinski definition) is 1. The van der Waals surface area contributed by atoms with Gasteiger partial charge in [0, 0.05) is 27.6 Å². The number of aromatic nitrogens is 2. The van der Waals surface area contributed by atoms with Crippen LogP contribution in [0.3, 0.4) is 0 Å². The van der Waals surface area contributed by atoms with E-state index >= 15 is 0 Å². The molecule has 168 valence electrons. The van der Waals surface area contributed by atoms with E-state index < -0.39 is 23.3 Å². The van der Waals surface area contributed by atoms with Crippen molar-refractivity contribution in [1.29, 1.82) is 0 Å². The molecule has 0 bridgehead atoms. The van der Waals surface area contributed by atoms with Crippen molar-refractivity contribution >= 4 is 50.7 Å². The minimum atomic E-state index is -0.601. The highest BCUT2D eigenvalue weighted by Crippen LogP contribution is 2.39. The lowest BCUT2D eigenvalue weighted by molar-refractivity contribution is -0.116. The molecule has 2 heterocycles. The van der Waals surface area contributed by atoms with Gasteiger partial charge in [-0.3, -0.25) is 14.2 Å². The predicted octanol–water partition coefficient (Wildman–Crippen LogP) is 4.73. The maximum atomic E-state index is 13.4. The van der Waals surface area contributed by atoms with Crippen LogP contribution < -0.4 is 10.9 Å². The summed E-state index contributed by atoms with van der Waals surface area (Å²) >= 11 is 7.45. The summed E-state index contributed by atoms with van der Waals surface area (Å²) in [6, 6.07) is 10.7. The summed E-state index contributed by atoms with van der Waals surface area (Å²) in [5.41, 5.74) is 1.06. The summed E-state index contributed by atoms with van der Waals surface area (Å²) in [5, 5.41) is 5.30. The molecule has 0 saturated carbocycles. The number of nitrogens with one attached hydrogen (secondary N) is 1. The van der Waals surface area contributed by atoms with Crippen molar-refractivity contribution < 1.29 is 18.7 Å². The van der Waals surface area contributed by atoms with Crippen LogP contribution in [0.25, 0.3) is 22.0 Å². The number of amides is 1. The average molecular weight is 486 g/mol. The van der Waals surface area contributed by atoms with Gasteiger partial charge in [-0.25, -0.2) is 14.2 Å².